The highest BCUT2D eigenvalue weighted by Gasteiger charge is 2.04. The fourth-order valence-electron chi connectivity index (χ4n) is 0.993. The third-order valence-electron chi connectivity index (χ3n) is 1.68. The predicted octanol–water partition coefficient (Wildman–Crippen LogP) is 3.26. The molecule has 0 spiro atoms. The van der Waals surface area contributed by atoms with Gasteiger partial charge in [-0.25, -0.2) is 4.98 Å². The third kappa shape index (κ3) is 3.90. The zero-order chi connectivity index (χ0) is 10.6. The van der Waals surface area contributed by atoms with Gasteiger partial charge in [-0.3, -0.25) is 0 Å². The molecule has 0 saturated carbocycles. The smallest absolute Gasteiger partial charge is 0.0953 e. The van der Waals surface area contributed by atoms with Gasteiger partial charge < -0.3 is 5.32 Å². The summed E-state index contributed by atoms with van der Waals surface area (Å²) >= 11 is 5.08. The Hall–Kier alpha value is -0.190. The van der Waals surface area contributed by atoms with Crippen LogP contribution < -0.4 is 5.32 Å². The van der Waals surface area contributed by atoms with Gasteiger partial charge in [0.05, 0.1) is 5.01 Å². The number of nitrogens with zero attached hydrogens (tertiary/aromatic N) is 1. The van der Waals surface area contributed by atoms with Gasteiger partial charge in [0, 0.05) is 34.6 Å². The van der Waals surface area contributed by atoms with Crippen LogP contribution in [-0.4, -0.2) is 11.5 Å². The first-order chi connectivity index (χ1) is 6.59. The van der Waals surface area contributed by atoms with Crippen LogP contribution in [-0.2, 0) is 6.54 Å². The van der Waals surface area contributed by atoms with E-state index < -0.39 is 0 Å². The molecule has 0 aliphatic heterocycles. The molecule has 0 radical (unpaired) electrons. The average Bonchev–Trinajstić information content (AvgIpc) is 2.52. The standard InChI is InChI=1S/C10H15BrN2S/c1-7(2)10-13-6-9(14-10)5-12-4-8(3)11/h6-7,12H,3-5H2,1-2H3. The van der Waals surface area contributed by atoms with E-state index in [1.165, 1.54) is 9.88 Å². The molecule has 0 saturated heterocycles. The van der Waals surface area contributed by atoms with Crippen LogP contribution in [0.3, 0.4) is 0 Å². The van der Waals surface area contributed by atoms with Crippen molar-refractivity contribution in [2.75, 3.05) is 6.54 Å². The number of halogens is 1. The van der Waals surface area contributed by atoms with E-state index in [1.807, 2.05) is 6.20 Å². The van der Waals surface area contributed by atoms with Gasteiger partial charge in [0.15, 0.2) is 0 Å². The Morgan fingerprint density at radius 3 is 2.93 bits per heavy atom. The minimum absolute atomic E-state index is 0.528. The second-order valence-corrected chi connectivity index (χ2v) is 5.71. The number of rotatable bonds is 5. The fourth-order valence-corrected chi connectivity index (χ4v) is 2.08. The van der Waals surface area contributed by atoms with Crippen molar-refractivity contribution in [3.05, 3.63) is 27.1 Å². The van der Waals surface area contributed by atoms with Gasteiger partial charge >= 0.3 is 0 Å². The molecular formula is C10H15BrN2S. The summed E-state index contributed by atoms with van der Waals surface area (Å²) in [5, 5.41) is 4.49. The first-order valence-electron chi connectivity index (χ1n) is 4.58. The number of hydrogen-bond donors (Lipinski definition) is 1. The minimum atomic E-state index is 0.528. The van der Waals surface area contributed by atoms with Gasteiger partial charge in [0.2, 0.25) is 0 Å². The maximum Gasteiger partial charge on any atom is 0.0953 e. The Labute approximate surface area is 97.6 Å². The highest BCUT2D eigenvalue weighted by atomic mass is 79.9. The Bertz CT molecular complexity index is 307. The molecule has 0 unspecified atom stereocenters. The molecule has 2 nitrogen and oxygen atoms in total. The molecule has 1 aromatic heterocycles. The maximum absolute atomic E-state index is 4.36. The molecule has 1 N–H and O–H groups in total. The molecule has 1 rings (SSSR count). The first kappa shape index (κ1) is 11.9. The number of nitrogens with one attached hydrogen (secondary N) is 1. The fraction of sp³-hybridized carbons (Fsp3) is 0.500. The van der Waals surface area contributed by atoms with Crippen LogP contribution in [0.4, 0.5) is 0 Å². The number of aromatic nitrogens is 1. The van der Waals surface area contributed by atoms with Crippen molar-refractivity contribution in [1.29, 1.82) is 0 Å². The van der Waals surface area contributed by atoms with Gasteiger partial charge in [-0.15, -0.1) is 11.3 Å². The topological polar surface area (TPSA) is 24.9 Å². The molecule has 78 valence electrons. The van der Waals surface area contributed by atoms with E-state index in [9.17, 15) is 0 Å². The van der Waals surface area contributed by atoms with Crippen LogP contribution in [0.1, 0.15) is 29.7 Å². The lowest BCUT2D eigenvalue weighted by Gasteiger charge is -2.00. The molecule has 1 aromatic rings. The summed E-state index contributed by atoms with van der Waals surface area (Å²) in [5.74, 6) is 0.528. The van der Waals surface area contributed by atoms with Crippen molar-refractivity contribution in [3.8, 4) is 0 Å². The second-order valence-electron chi connectivity index (χ2n) is 3.44. The molecule has 0 fully saturated rings. The quantitative estimate of drug-likeness (QED) is 0.892. The summed E-state index contributed by atoms with van der Waals surface area (Å²) in [6.45, 7) is 9.76. The summed E-state index contributed by atoms with van der Waals surface area (Å²) in [6.07, 6.45) is 1.95. The van der Waals surface area contributed by atoms with Crippen LogP contribution in [0.25, 0.3) is 0 Å². The van der Waals surface area contributed by atoms with Crippen molar-refractivity contribution >= 4 is 27.3 Å². The van der Waals surface area contributed by atoms with Crippen molar-refractivity contribution in [2.45, 2.75) is 26.3 Å². The molecule has 0 aliphatic carbocycles. The normalized spacial score (nSPS) is 10.9. The Balaban J connectivity index is 2.40. The molecule has 0 amide bonds. The molecule has 0 aromatic carbocycles. The maximum atomic E-state index is 4.36. The average molecular weight is 275 g/mol. The highest BCUT2D eigenvalue weighted by Crippen LogP contribution is 2.20. The second kappa shape index (κ2) is 5.63. The molecule has 0 bridgehead atoms. The monoisotopic (exact) mass is 274 g/mol. The van der Waals surface area contributed by atoms with Gasteiger partial charge in [0.1, 0.15) is 0 Å². The van der Waals surface area contributed by atoms with E-state index >= 15 is 0 Å². The summed E-state index contributed by atoms with van der Waals surface area (Å²) < 4.78 is 0.978. The van der Waals surface area contributed by atoms with E-state index in [-0.39, 0.29) is 0 Å². The van der Waals surface area contributed by atoms with E-state index in [4.69, 9.17) is 0 Å². The Kier molecular flexibility index (Phi) is 4.78. The van der Waals surface area contributed by atoms with E-state index in [2.05, 4.69) is 46.7 Å². The third-order valence-corrected chi connectivity index (χ3v) is 3.26. The van der Waals surface area contributed by atoms with Gasteiger partial charge in [-0.05, 0) is 0 Å². The first-order valence-corrected chi connectivity index (χ1v) is 6.19. The summed E-state index contributed by atoms with van der Waals surface area (Å²) in [4.78, 5) is 5.64. The van der Waals surface area contributed by atoms with Gasteiger partial charge in [-0.1, -0.05) is 36.4 Å². The number of hydrogen-bond acceptors (Lipinski definition) is 3. The minimum Gasteiger partial charge on any atom is -0.307 e. The lowest BCUT2D eigenvalue weighted by Crippen LogP contribution is -2.13. The van der Waals surface area contributed by atoms with Crippen LogP contribution >= 0.6 is 27.3 Å². The van der Waals surface area contributed by atoms with Crippen LogP contribution in [0.5, 0.6) is 0 Å². The zero-order valence-electron chi connectivity index (χ0n) is 8.51. The Morgan fingerprint density at radius 1 is 1.71 bits per heavy atom. The van der Waals surface area contributed by atoms with E-state index in [0.717, 1.165) is 17.6 Å². The molecule has 4 heteroatoms. The molecule has 0 atom stereocenters. The lowest BCUT2D eigenvalue weighted by molar-refractivity contribution is 0.765. The lowest BCUT2D eigenvalue weighted by atomic mass is 10.2. The van der Waals surface area contributed by atoms with Crippen LogP contribution in [0.2, 0.25) is 0 Å². The molecular weight excluding hydrogens is 260 g/mol. The van der Waals surface area contributed by atoms with Gasteiger partial charge in [-0.2, -0.15) is 0 Å². The predicted molar refractivity (Wildman–Crippen MR) is 66.0 cm³/mol. The Morgan fingerprint density at radius 2 is 2.43 bits per heavy atom. The molecule has 1 heterocycles. The highest BCUT2D eigenvalue weighted by molar-refractivity contribution is 9.11. The van der Waals surface area contributed by atoms with Crippen molar-refractivity contribution in [2.24, 2.45) is 0 Å². The van der Waals surface area contributed by atoms with Crippen molar-refractivity contribution < 1.29 is 0 Å². The van der Waals surface area contributed by atoms with E-state index in [0.29, 0.717) is 5.92 Å². The summed E-state index contributed by atoms with van der Waals surface area (Å²) in [6, 6.07) is 0. The van der Waals surface area contributed by atoms with Crippen molar-refractivity contribution in [1.82, 2.24) is 10.3 Å². The summed E-state index contributed by atoms with van der Waals surface area (Å²) in [7, 11) is 0. The molecule has 0 aliphatic rings. The van der Waals surface area contributed by atoms with Gasteiger partial charge in [0.25, 0.3) is 0 Å². The van der Waals surface area contributed by atoms with E-state index in [1.54, 1.807) is 11.3 Å². The van der Waals surface area contributed by atoms with Crippen molar-refractivity contribution in [3.63, 3.8) is 0 Å². The van der Waals surface area contributed by atoms with Crippen LogP contribution in [0.15, 0.2) is 17.3 Å². The van der Waals surface area contributed by atoms with Crippen LogP contribution in [0, 0.1) is 0 Å². The number of thiazole rings is 1. The zero-order valence-corrected chi connectivity index (χ0v) is 10.9. The SMILES string of the molecule is C=C(Br)CNCc1cnc(C(C)C)s1. The molecule has 14 heavy (non-hydrogen) atoms. The largest absolute Gasteiger partial charge is 0.307 e. The summed E-state index contributed by atoms with van der Waals surface area (Å²) in [5.41, 5.74) is 0.